The molecule has 6 nitrogen and oxygen atoms in total. The van der Waals surface area contributed by atoms with Crippen LogP contribution in [0.2, 0.25) is 0 Å². The van der Waals surface area contributed by atoms with Crippen LogP contribution < -0.4 is 5.32 Å². The van der Waals surface area contributed by atoms with Gasteiger partial charge in [-0.05, 0) is 29.8 Å². The van der Waals surface area contributed by atoms with E-state index in [4.69, 9.17) is 0 Å². The van der Waals surface area contributed by atoms with Crippen LogP contribution in [-0.2, 0) is 26.8 Å². The SMILES string of the molecule is CN(C)S(=O)(=O)c1cccc(CC(=O)Nc2ccc(C(O)(C(F)(F)F)C(F)(F)F)cc2)c1. The highest BCUT2D eigenvalue weighted by Gasteiger charge is 2.71. The van der Waals surface area contributed by atoms with Gasteiger partial charge in [-0.3, -0.25) is 4.79 Å². The molecule has 0 aliphatic rings. The molecule has 0 spiro atoms. The Morgan fingerprint density at radius 1 is 0.969 bits per heavy atom. The minimum atomic E-state index is -6.02. The van der Waals surface area contributed by atoms with Crippen LogP contribution in [0, 0.1) is 0 Å². The number of halogens is 6. The van der Waals surface area contributed by atoms with Crippen molar-refractivity contribution in [3.63, 3.8) is 0 Å². The van der Waals surface area contributed by atoms with Gasteiger partial charge in [0, 0.05) is 25.3 Å². The van der Waals surface area contributed by atoms with Crippen molar-refractivity contribution < 1.29 is 44.7 Å². The highest BCUT2D eigenvalue weighted by molar-refractivity contribution is 7.89. The van der Waals surface area contributed by atoms with E-state index < -0.39 is 39.4 Å². The minimum absolute atomic E-state index is 0.0595. The summed E-state index contributed by atoms with van der Waals surface area (Å²) < 4.78 is 103. The molecular weight excluding hydrogens is 466 g/mol. The number of aliphatic hydroxyl groups is 1. The zero-order valence-electron chi connectivity index (χ0n) is 16.6. The largest absolute Gasteiger partial charge is 0.430 e. The molecule has 32 heavy (non-hydrogen) atoms. The summed E-state index contributed by atoms with van der Waals surface area (Å²) in [6.07, 6.45) is -12.4. The van der Waals surface area contributed by atoms with E-state index in [0.29, 0.717) is 17.7 Å². The lowest BCUT2D eigenvalue weighted by atomic mass is 9.92. The van der Waals surface area contributed by atoms with Crippen molar-refractivity contribution in [2.24, 2.45) is 0 Å². The summed E-state index contributed by atoms with van der Waals surface area (Å²) in [7, 11) is -1.08. The second-order valence-electron chi connectivity index (χ2n) is 6.94. The van der Waals surface area contributed by atoms with Crippen molar-refractivity contribution in [1.29, 1.82) is 0 Å². The molecule has 0 fully saturated rings. The smallest absolute Gasteiger partial charge is 0.369 e. The lowest BCUT2D eigenvalue weighted by Gasteiger charge is -2.32. The highest BCUT2D eigenvalue weighted by Crippen LogP contribution is 2.50. The third-order valence-corrected chi connectivity index (χ3v) is 6.26. The zero-order chi connectivity index (χ0) is 24.5. The van der Waals surface area contributed by atoms with Crippen molar-refractivity contribution in [2.75, 3.05) is 19.4 Å². The van der Waals surface area contributed by atoms with Crippen LogP contribution in [0.1, 0.15) is 11.1 Å². The number of carbonyl (C=O) groups excluding carboxylic acids is 1. The van der Waals surface area contributed by atoms with Crippen LogP contribution in [0.15, 0.2) is 53.4 Å². The monoisotopic (exact) mass is 484 g/mol. The number of hydrogen-bond acceptors (Lipinski definition) is 4. The first-order chi connectivity index (χ1) is 14.5. The van der Waals surface area contributed by atoms with Gasteiger partial charge in [0.1, 0.15) is 0 Å². The number of nitrogens with one attached hydrogen (secondary N) is 1. The Balaban J connectivity index is 2.19. The average Bonchev–Trinajstić information content (AvgIpc) is 2.66. The van der Waals surface area contributed by atoms with Gasteiger partial charge in [0.25, 0.3) is 5.60 Å². The molecule has 0 bridgehead atoms. The molecule has 0 heterocycles. The van der Waals surface area contributed by atoms with Gasteiger partial charge in [-0.1, -0.05) is 24.3 Å². The molecular formula is C19H18F6N2O4S. The summed E-state index contributed by atoms with van der Waals surface area (Å²) >= 11 is 0. The Morgan fingerprint density at radius 3 is 1.97 bits per heavy atom. The van der Waals surface area contributed by atoms with Gasteiger partial charge in [0.2, 0.25) is 15.9 Å². The molecule has 0 unspecified atom stereocenters. The van der Waals surface area contributed by atoms with E-state index in [1.54, 1.807) is 0 Å². The summed E-state index contributed by atoms with van der Waals surface area (Å²) in [4.78, 5) is 12.1. The van der Waals surface area contributed by atoms with E-state index in [2.05, 4.69) is 5.32 Å². The molecule has 2 N–H and O–H groups in total. The molecule has 0 radical (unpaired) electrons. The maximum absolute atomic E-state index is 12.9. The van der Waals surface area contributed by atoms with E-state index >= 15 is 0 Å². The van der Waals surface area contributed by atoms with Crippen LogP contribution >= 0.6 is 0 Å². The first-order valence-corrected chi connectivity index (χ1v) is 10.2. The fraction of sp³-hybridized carbons (Fsp3) is 0.316. The fourth-order valence-corrected chi connectivity index (χ4v) is 3.67. The van der Waals surface area contributed by atoms with Crippen molar-refractivity contribution in [1.82, 2.24) is 4.31 Å². The summed E-state index contributed by atoms with van der Waals surface area (Å²) in [5.41, 5.74) is -6.34. The summed E-state index contributed by atoms with van der Waals surface area (Å²) in [5.74, 6) is -0.695. The first kappa shape index (κ1) is 25.6. The Hall–Kier alpha value is -2.64. The van der Waals surface area contributed by atoms with Crippen molar-refractivity contribution >= 4 is 21.6 Å². The van der Waals surface area contributed by atoms with Gasteiger partial charge in [-0.15, -0.1) is 0 Å². The molecule has 0 atom stereocenters. The van der Waals surface area contributed by atoms with Crippen molar-refractivity contribution in [2.45, 2.75) is 29.3 Å². The third kappa shape index (κ3) is 5.05. The quantitative estimate of drug-likeness (QED) is 0.616. The Kier molecular flexibility index (Phi) is 6.98. The van der Waals surface area contributed by atoms with E-state index in [1.807, 2.05) is 0 Å². The van der Waals surface area contributed by atoms with Crippen LogP contribution in [0.25, 0.3) is 0 Å². The molecule has 2 rings (SSSR count). The summed E-state index contributed by atoms with van der Waals surface area (Å²) in [6.45, 7) is 0. The predicted octanol–water partition coefficient (Wildman–Crippen LogP) is 3.43. The number of amides is 1. The lowest BCUT2D eigenvalue weighted by molar-refractivity contribution is -0.376. The molecule has 0 aliphatic carbocycles. The predicted molar refractivity (Wildman–Crippen MR) is 102 cm³/mol. The van der Waals surface area contributed by atoms with Crippen LogP contribution in [-0.4, -0.2) is 50.2 Å². The number of anilines is 1. The number of alkyl halides is 6. The molecule has 0 aromatic heterocycles. The second-order valence-corrected chi connectivity index (χ2v) is 9.09. The van der Waals surface area contributed by atoms with Crippen molar-refractivity contribution in [3.8, 4) is 0 Å². The normalized spacial score (nSPS) is 13.3. The summed E-state index contributed by atoms with van der Waals surface area (Å²) in [5, 5.41) is 11.6. The first-order valence-electron chi connectivity index (χ1n) is 8.78. The van der Waals surface area contributed by atoms with E-state index in [-0.39, 0.29) is 17.0 Å². The van der Waals surface area contributed by atoms with Gasteiger partial charge in [-0.2, -0.15) is 26.3 Å². The molecule has 0 saturated carbocycles. The number of nitrogens with zero attached hydrogens (tertiary/aromatic N) is 1. The molecule has 2 aromatic carbocycles. The fourth-order valence-electron chi connectivity index (χ4n) is 2.70. The molecule has 1 amide bonds. The minimum Gasteiger partial charge on any atom is -0.369 e. The number of rotatable bonds is 6. The van der Waals surface area contributed by atoms with Crippen LogP contribution in [0.3, 0.4) is 0 Å². The second kappa shape index (κ2) is 8.71. The highest BCUT2D eigenvalue weighted by atomic mass is 32.2. The number of sulfonamides is 1. The maximum Gasteiger partial charge on any atom is 0.430 e. The number of carbonyl (C=O) groups is 1. The van der Waals surface area contributed by atoms with E-state index in [9.17, 15) is 44.7 Å². The van der Waals surface area contributed by atoms with Crippen LogP contribution in [0.4, 0.5) is 32.0 Å². The topological polar surface area (TPSA) is 86.7 Å². The van der Waals surface area contributed by atoms with E-state index in [0.717, 1.165) is 16.4 Å². The molecule has 0 aliphatic heterocycles. The third-order valence-electron chi connectivity index (χ3n) is 4.45. The number of hydrogen-bond donors (Lipinski definition) is 2. The Morgan fingerprint density at radius 2 is 1.50 bits per heavy atom. The molecule has 176 valence electrons. The maximum atomic E-state index is 12.9. The zero-order valence-corrected chi connectivity index (χ0v) is 17.4. The number of benzene rings is 2. The Bertz CT molecular complexity index is 1070. The van der Waals surface area contributed by atoms with Crippen LogP contribution in [0.5, 0.6) is 0 Å². The van der Waals surface area contributed by atoms with Gasteiger partial charge < -0.3 is 10.4 Å². The van der Waals surface area contributed by atoms with E-state index in [1.165, 1.54) is 38.4 Å². The average molecular weight is 484 g/mol. The van der Waals surface area contributed by atoms with Gasteiger partial charge >= 0.3 is 12.4 Å². The summed E-state index contributed by atoms with van der Waals surface area (Å²) in [6, 6.07) is 7.86. The molecule has 0 saturated heterocycles. The Labute approximate surface area is 179 Å². The van der Waals surface area contributed by atoms with Crippen molar-refractivity contribution in [3.05, 3.63) is 59.7 Å². The van der Waals surface area contributed by atoms with Gasteiger partial charge in [-0.25, -0.2) is 12.7 Å². The molecule has 2 aromatic rings. The lowest BCUT2D eigenvalue weighted by Crippen LogP contribution is -2.53. The standard InChI is InChI=1S/C19H18F6N2O4S/c1-27(2)32(30,31)15-5-3-4-12(10-15)11-16(28)26-14-8-6-13(7-9-14)17(29,18(20,21)22)19(23,24)25/h3-10,29H,11H2,1-2H3,(H,26,28). The van der Waals surface area contributed by atoms with Gasteiger partial charge in [0.15, 0.2) is 0 Å². The molecule has 13 heteroatoms. The van der Waals surface area contributed by atoms with Gasteiger partial charge in [0.05, 0.1) is 11.3 Å².